The number of hydrogen-bond donors (Lipinski definition) is 2. The van der Waals surface area contributed by atoms with Gasteiger partial charge in [-0.3, -0.25) is 14.3 Å². The average Bonchev–Trinajstić information content (AvgIpc) is 2.98. The van der Waals surface area contributed by atoms with Crippen molar-refractivity contribution < 1.29 is 4.74 Å². The van der Waals surface area contributed by atoms with Crippen molar-refractivity contribution in [2.45, 2.75) is 12.3 Å². The van der Waals surface area contributed by atoms with E-state index < -0.39 is 11.2 Å². The SMILES string of the molecule is O=c1[nH]cc(-n2ccnc2C2CCOC2)c(=O)[nH]1. The lowest BCUT2D eigenvalue weighted by atomic mass is 10.1. The van der Waals surface area contributed by atoms with Crippen molar-refractivity contribution >= 4 is 0 Å². The zero-order chi connectivity index (χ0) is 12.5. The average molecular weight is 248 g/mol. The molecule has 1 fully saturated rings. The standard InChI is InChI=1S/C11H12N4O3/c16-10-8(5-13-11(17)14-10)15-3-2-12-9(15)7-1-4-18-6-7/h2-3,5,7H,1,4,6H2,(H2,13,14,16,17). The van der Waals surface area contributed by atoms with Crippen LogP contribution < -0.4 is 11.2 Å². The van der Waals surface area contributed by atoms with Crippen molar-refractivity contribution in [1.82, 2.24) is 19.5 Å². The van der Waals surface area contributed by atoms with Gasteiger partial charge in [-0.05, 0) is 6.42 Å². The molecule has 0 amide bonds. The van der Waals surface area contributed by atoms with E-state index in [4.69, 9.17) is 4.74 Å². The lowest BCUT2D eigenvalue weighted by molar-refractivity contribution is 0.193. The predicted molar refractivity (Wildman–Crippen MR) is 63.0 cm³/mol. The summed E-state index contributed by atoms with van der Waals surface area (Å²) >= 11 is 0. The summed E-state index contributed by atoms with van der Waals surface area (Å²) in [6.45, 7) is 1.32. The Morgan fingerprint density at radius 1 is 1.44 bits per heavy atom. The predicted octanol–water partition coefficient (Wildman–Crippen LogP) is -0.247. The van der Waals surface area contributed by atoms with Crippen LogP contribution in [0.1, 0.15) is 18.2 Å². The molecule has 94 valence electrons. The van der Waals surface area contributed by atoms with Gasteiger partial charge >= 0.3 is 5.69 Å². The Balaban J connectivity index is 2.09. The van der Waals surface area contributed by atoms with Gasteiger partial charge in [-0.2, -0.15) is 0 Å². The van der Waals surface area contributed by atoms with E-state index in [0.717, 1.165) is 12.2 Å². The Morgan fingerprint density at radius 3 is 3.06 bits per heavy atom. The van der Waals surface area contributed by atoms with Crippen molar-refractivity contribution in [2.24, 2.45) is 0 Å². The number of aromatic nitrogens is 4. The molecule has 0 saturated carbocycles. The highest BCUT2D eigenvalue weighted by Gasteiger charge is 2.23. The first-order chi connectivity index (χ1) is 8.75. The molecule has 7 heteroatoms. The second-order valence-electron chi connectivity index (χ2n) is 4.17. The van der Waals surface area contributed by atoms with Crippen molar-refractivity contribution in [3.8, 4) is 5.69 Å². The molecule has 2 aromatic heterocycles. The van der Waals surface area contributed by atoms with Crippen LogP contribution in [-0.2, 0) is 4.74 Å². The second-order valence-corrected chi connectivity index (χ2v) is 4.17. The third-order valence-electron chi connectivity index (χ3n) is 3.02. The Bertz CT molecular complexity index is 663. The molecule has 1 atom stereocenters. The van der Waals surface area contributed by atoms with E-state index in [9.17, 15) is 9.59 Å². The van der Waals surface area contributed by atoms with E-state index in [1.54, 1.807) is 17.0 Å². The second kappa shape index (κ2) is 4.26. The molecular weight excluding hydrogens is 236 g/mol. The number of ether oxygens (including phenoxy) is 1. The van der Waals surface area contributed by atoms with Crippen molar-refractivity contribution in [3.05, 3.63) is 45.3 Å². The summed E-state index contributed by atoms with van der Waals surface area (Å²) in [6.07, 6.45) is 5.62. The van der Waals surface area contributed by atoms with E-state index in [0.29, 0.717) is 18.9 Å². The molecule has 7 nitrogen and oxygen atoms in total. The zero-order valence-corrected chi connectivity index (χ0v) is 9.55. The van der Waals surface area contributed by atoms with Gasteiger partial charge in [0.15, 0.2) is 0 Å². The molecule has 1 unspecified atom stereocenters. The van der Waals surface area contributed by atoms with Gasteiger partial charge in [0.1, 0.15) is 11.5 Å². The maximum atomic E-state index is 11.8. The summed E-state index contributed by atoms with van der Waals surface area (Å²) in [5.74, 6) is 0.969. The van der Waals surface area contributed by atoms with Crippen LogP contribution in [0.15, 0.2) is 28.2 Å². The number of hydrogen-bond acceptors (Lipinski definition) is 4. The van der Waals surface area contributed by atoms with Crippen LogP contribution in [0.5, 0.6) is 0 Å². The first-order valence-electron chi connectivity index (χ1n) is 5.69. The van der Waals surface area contributed by atoms with Crippen molar-refractivity contribution in [3.63, 3.8) is 0 Å². The highest BCUT2D eigenvalue weighted by molar-refractivity contribution is 5.28. The van der Waals surface area contributed by atoms with Gasteiger partial charge in [0.25, 0.3) is 5.56 Å². The fourth-order valence-electron chi connectivity index (χ4n) is 2.14. The van der Waals surface area contributed by atoms with E-state index in [2.05, 4.69) is 15.0 Å². The zero-order valence-electron chi connectivity index (χ0n) is 9.55. The third-order valence-corrected chi connectivity index (χ3v) is 3.02. The summed E-state index contributed by atoms with van der Waals surface area (Å²) in [5.41, 5.74) is -0.597. The summed E-state index contributed by atoms with van der Waals surface area (Å²) in [5, 5.41) is 0. The molecule has 0 spiro atoms. The van der Waals surface area contributed by atoms with Crippen molar-refractivity contribution in [1.29, 1.82) is 0 Å². The Labute approximate surface area is 101 Å². The molecule has 1 saturated heterocycles. The highest BCUT2D eigenvalue weighted by Crippen LogP contribution is 2.24. The van der Waals surface area contributed by atoms with Crippen LogP contribution in [-0.4, -0.2) is 32.7 Å². The number of H-pyrrole nitrogens is 2. The smallest absolute Gasteiger partial charge is 0.325 e. The first kappa shape index (κ1) is 11.0. The van der Waals surface area contributed by atoms with Crippen LogP contribution >= 0.6 is 0 Å². The highest BCUT2D eigenvalue weighted by atomic mass is 16.5. The van der Waals surface area contributed by atoms with Crippen LogP contribution in [0.4, 0.5) is 0 Å². The molecule has 2 N–H and O–H groups in total. The van der Waals surface area contributed by atoms with Gasteiger partial charge in [-0.25, -0.2) is 9.78 Å². The fourth-order valence-corrected chi connectivity index (χ4v) is 2.14. The minimum absolute atomic E-state index is 0.186. The normalized spacial score (nSPS) is 19.2. The Hall–Kier alpha value is -2.15. The number of imidazole rings is 1. The van der Waals surface area contributed by atoms with Crippen LogP contribution in [0.3, 0.4) is 0 Å². The summed E-state index contributed by atoms with van der Waals surface area (Å²) < 4.78 is 7.01. The van der Waals surface area contributed by atoms with Gasteiger partial charge in [-0.15, -0.1) is 0 Å². The first-order valence-corrected chi connectivity index (χ1v) is 5.69. The van der Waals surface area contributed by atoms with E-state index in [-0.39, 0.29) is 5.92 Å². The summed E-state index contributed by atoms with van der Waals surface area (Å²) in [4.78, 5) is 31.7. The minimum Gasteiger partial charge on any atom is -0.381 e. The Morgan fingerprint density at radius 2 is 2.33 bits per heavy atom. The maximum Gasteiger partial charge on any atom is 0.325 e. The maximum absolute atomic E-state index is 11.8. The fraction of sp³-hybridized carbons (Fsp3) is 0.364. The quantitative estimate of drug-likeness (QED) is 0.766. The molecule has 0 radical (unpaired) electrons. The topological polar surface area (TPSA) is 92.8 Å². The van der Waals surface area contributed by atoms with Crippen LogP contribution in [0.25, 0.3) is 5.69 Å². The minimum atomic E-state index is -0.519. The van der Waals surface area contributed by atoms with Crippen LogP contribution in [0, 0.1) is 0 Å². The van der Waals surface area contributed by atoms with E-state index >= 15 is 0 Å². The van der Waals surface area contributed by atoms with Gasteiger partial charge in [0.05, 0.1) is 6.61 Å². The molecule has 0 aliphatic carbocycles. The molecule has 0 aromatic carbocycles. The van der Waals surface area contributed by atoms with Crippen molar-refractivity contribution in [2.75, 3.05) is 13.2 Å². The number of rotatable bonds is 2. The number of aromatic amines is 2. The third kappa shape index (κ3) is 1.78. The molecule has 1 aliphatic heterocycles. The molecule has 3 rings (SSSR count). The summed E-state index contributed by atoms with van der Waals surface area (Å²) in [7, 11) is 0. The molecular formula is C11H12N4O3. The summed E-state index contributed by atoms with van der Waals surface area (Å²) in [6, 6.07) is 0. The van der Waals surface area contributed by atoms with Gasteiger partial charge in [0, 0.05) is 31.1 Å². The largest absolute Gasteiger partial charge is 0.381 e. The monoisotopic (exact) mass is 248 g/mol. The van der Waals surface area contributed by atoms with Gasteiger partial charge in [-0.1, -0.05) is 0 Å². The number of nitrogens with zero attached hydrogens (tertiary/aromatic N) is 2. The molecule has 0 bridgehead atoms. The van der Waals surface area contributed by atoms with Gasteiger partial charge < -0.3 is 9.72 Å². The Kier molecular flexibility index (Phi) is 2.60. The molecule has 3 heterocycles. The molecule has 18 heavy (non-hydrogen) atoms. The van der Waals surface area contributed by atoms with Crippen LogP contribution in [0.2, 0.25) is 0 Å². The lowest BCUT2D eigenvalue weighted by Crippen LogP contribution is -2.26. The van der Waals surface area contributed by atoms with Gasteiger partial charge in [0.2, 0.25) is 0 Å². The van der Waals surface area contributed by atoms with E-state index in [1.807, 2.05) is 0 Å². The molecule has 1 aliphatic rings. The lowest BCUT2D eigenvalue weighted by Gasteiger charge is -2.10. The molecule has 2 aromatic rings. The number of nitrogens with one attached hydrogen (secondary N) is 2. The van der Waals surface area contributed by atoms with E-state index in [1.165, 1.54) is 6.20 Å².